The molecule has 1 atom stereocenters. The zero-order chi connectivity index (χ0) is 8.39. The zero-order valence-electron chi connectivity index (χ0n) is 6.79. The lowest BCUT2D eigenvalue weighted by atomic mass is 10.0. The van der Waals surface area contributed by atoms with Crippen molar-refractivity contribution in [2.75, 3.05) is 5.33 Å². The first-order chi connectivity index (χ1) is 5.90. The van der Waals surface area contributed by atoms with Gasteiger partial charge in [0.25, 0.3) is 0 Å². The van der Waals surface area contributed by atoms with E-state index in [1.165, 1.54) is 5.56 Å². The standard InChI is InChI=1S/C10H11BrO/c11-7-9-6-5-8-3-1-2-4-10(8)12-9/h1-4,9H,5-7H2/t9-/m0/s1. The van der Waals surface area contributed by atoms with Crippen molar-refractivity contribution in [2.45, 2.75) is 18.9 Å². The van der Waals surface area contributed by atoms with Crippen LogP contribution in [0, 0.1) is 0 Å². The van der Waals surface area contributed by atoms with Crippen LogP contribution < -0.4 is 4.74 Å². The van der Waals surface area contributed by atoms with Crippen molar-refractivity contribution in [2.24, 2.45) is 0 Å². The van der Waals surface area contributed by atoms with E-state index in [0.29, 0.717) is 6.10 Å². The number of aryl methyl sites for hydroxylation is 1. The van der Waals surface area contributed by atoms with Crippen molar-refractivity contribution in [3.05, 3.63) is 29.8 Å². The topological polar surface area (TPSA) is 9.23 Å². The first-order valence-electron chi connectivity index (χ1n) is 4.20. The van der Waals surface area contributed by atoms with Gasteiger partial charge >= 0.3 is 0 Å². The summed E-state index contributed by atoms with van der Waals surface area (Å²) in [5.74, 6) is 1.06. The molecule has 0 fully saturated rings. The fourth-order valence-corrected chi connectivity index (χ4v) is 1.94. The molecule has 0 amide bonds. The Bertz CT molecular complexity index is 272. The van der Waals surface area contributed by atoms with Crippen LogP contribution >= 0.6 is 15.9 Å². The number of ether oxygens (including phenoxy) is 1. The van der Waals surface area contributed by atoms with E-state index in [1.54, 1.807) is 0 Å². The molecule has 2 rings (SSSR count). The highest BCUT2D eigenvalue weighted by molar-refractivity contribution is 9.09. The highest BCUT2D eigenvalue weighted by Gasteiger charge is 2.17. The van der Waals surface area contributed by atoms with Gasteiger partial charge in [0.05, 0.1) is 0 Å². The Balaban J connectivity index is 2.23. The van der Waals surface area contributed by atoms with Gasteiger partial charge in [0.15, 0.2) is 0 Å². The second kappa shape index (κ2) is 3.48. The summed E-state index contributed by atoms with van der Waals surface area (Å²) >= 11 is 3.44. The zero-order valence-corrected chi connectivity index (χ0v) is 8.38. The smallest absolute Gasteiger partial charge is 0.122 e. The third-order valence-corrected chi connectivity index (χ3v) is 2.90. The highest BCUT2D eigenvalue weighted by atomic mass is 79.9. The van der Waals surface area contributed by atoms with Crippen molar-refractivity contribution in [1.82, 2.24) is 0 Å². The largest absolute Gasteiger partial charge is 0.489 e. The molecule has 1 aromatic rings. The van der Waals surface area contributed by atoms with Crippen LogP contribution in [0.3, 0.4) is 0 Å². The first-order valence-corrected chi connectivity index (χ1v) is 5.33. The molecule has 0 aromatic heterocycles. The van der Waals surface area contributed by atoms with Crippen LogP contribution in [0.1, 0.15) is 12.0 Å². The minimum atomic E-state index is 0.361. The van der Waals surface area contributed by atoms with E-state index in [1.807, 2.05) is 12.1 Å². The summed E-state index contributed by atoms with van der Waals surface area (Å²) in [7, 11) is 0. The van der Waals surface area contributed by atoms with Crippen LogP contribution in [0.25, 0.3) is 0 Å². The molecule has 0 saturated heterocycles. The van der Waals surface area contributed by atoms with E-state index in [2.05, 4.69) is 28.1 Å². The summed E-state index contributed by atoms with van der Waals surface area (Å²) < 4.78 is 5.73. The number of hydrogen-bond acceptors (Lipinski definition) is 1. The Morgan fingerprint density at radius 1 is 1.42 bits per heavy atom. The molecule has 1 heterocycles. The molecule has 0 aliphatic carbocycles. The van der Waals surface area contributed by atoms with Gasteiger partial charge in [0.1, 0.15) is 11.9 Å². The minimum Gasteiger partial charge on any atom is -0.489 e. The van der Waals surface area contributed by atoms with Gasteiger partial charge in [-0.25, -0.2) is 0 Å². The third kappa shape index (κ3) is 1.48. The van der Waals surface area contributed by atoms with Crippen LogP contribution in [0.4, 0.5) is 0 Å². The molecule has 0 bridgehead atoms. The number of alkyl halides is 1. The monoisotopic (exact) mass is 226 g/mol. The molecule has 0 N–H and O–H groups in total. The SMILES string of the molecule is BrC[C@@H]1CCc2ccccc2O1. The predicted octanol–water partition coefficient (Wildman–Crippen LogP) is 2.78. The number of rotatable bonds is 1. The highest BCUT2D eigenvalue weighted by Crippen LogP contribution is 2.27. The molecule has 1 nitrogen and oxygen atoms in total. The van der Waals surface area contributed by atoms with E-state index in [-0.39, 0.29) is 0 Å². The van der Waals surface area contributed by atoms with Crippen LogP contribution in [0.2, 0.25) is 0 Å². The summed E-state index contributed by atoms with van der Waals surface area (Å²) in [5.41, 5.74) is 1.34. The molecule has 0 saturated carbocycles. The molecular formula is C10H11BrO. The normalized spacial score (nSPS) is 21.2. The Morgan fingerprint density at radius 2 is 2.25 bits per heavy atom. The lowest BCUT2D eigenvalue weighted by molar-refractivity contribution is 0.198. The molecule has 0 radical (unpaired) electrons. The lowest BCUT2D eigenvalue weighted by Gasteiger charge is -2.24. The molecule has 1 aliphatic heterocycles. The van der Waals surface area contributed by atoms with Crippen LogP contribution in [0.15, 0.2) is 24.3 Å². The Morgan fingerprint density at radius 3 is 3.08 bits per heavy atom. The summed E-state index contributed by atoms with van der Waals surface area (Å²) in [6.45, 7) is 0. The maximum atomic E-state index is 5.73. The summed E-state index contributed by atoms with van der Waals surface area (Å²) in [6.07, 6.45) is 2.63. The molecule has 1 aromatic carbocycles. The number of para-hydroxylation sites is 1. The van der Waals surface area contributed by atoms with E-state index in [4.69, 9.17) is 4.74 Å². The Hall–Kier alpha value is -0.500. The minimum absolute atomic E-state index is 0.361. The number of benzene rings is 1. The quantitative estimate of drug-likeness (QED) is 0.670. The average Bonchev–Trinajstić information content (AvgIpc) is 2.17. The number of hydrogen-bond donors (Lipinski definition) is 0. The molecule has 12 heavy (non-hydrogen) atoms. The molecule has 2 heteroatoms. The van der Waals surface area contributed by atoms with Crippen LogP contribution in [-0.4, -0.2) is 11.4 Å². The summed E-state index contributed by atoms with van der Waals surface area (Å²) in [4.78, 5) is 0. The van der Waals surface area contributed by atoms with E-state index in [0.717, 1.165) is 23.9 Å². The lowest BCUT2D eigenvalue weighted by Crippen LogP contribution is -2.23. The number of halogens is 1. The van der Waals surface area contributed by atoms with Gasteiger partial charge in [-0.3, -0.25) is 0 Å². The maximum absolute atomic E-state index is 5.73. The number of fused-ring (bicyclic) bond motifs is 1. The van der Waals surface area contributed by atoms with Gasteiger partial charge in [-0.15, -0.1) is 0 Å². The van der Waals surface area contributed by atoms with Crippen molar-refractivity contribution in [3.8, 4) is 5.75 Å². The molecule has 0 spiro atoms. The molecule has 0 unspecified atom stereocenters. The fraction of sp³-hybridized carbons (Fsp3) is 0.400. The second-order valence-electron chi connectivity index (χ2n) is 3.04. The van der Waals surface area contributed by atoms with Crippen molar-refractivity contribution >= 4 is 15.9 Å². The van der Waals surface area contributed by atoms with E-state index < -0.39 is 0 Å². The van der Waals surface area contributed by atoms with Gasteiger partial charge in [-0.2, -0.15) is 0 Å². The molecular weight excluding hydrogens is 216 g/mol. The van der Waals surface area contributed by atoms with Crippen molar-refractivity contribution in [1.29, 1.82) is 0 Å². The van der Waals surface area contributed by atoms with Crippen LogP contribution in [-0.2, 0) is 6.42 Å². The summed E-state index contributed by atoms with van der Waals surface area (Å²) in [5, 5.41) is 0.932. The Labute approximate surface area is 80.9 Å². The van der Waals surface area contributed by atoms with Gasteiger partial charge in [0.2, 0.25) is 0 Å². The van der Waals surface area contributed by atoms with E-state index in [9.17, 15) is 0 Å². The first kappa shape index (κ1) is 8.11. The van der Waals surface area contributed by atoms with Gasteiger partial charge < -0.3 is 4.74 Å². The second-order valence-corrected chi connectivity index (χ2v) is 3.69. The summed E-state index contributed by atoms with van der Waals surface area (Å²) in [6, 6.07) is 8.27. The van der Waals surface area contributed by atoms with Crippen molar-refractivity contribution in [3.63, 3.8) is 0 Å². The average molecular weight is 227 g/mol. The Kier molecular flexibility index (Phi) is 2.35. The van der Waals surface area contributed by atoms with Crippen LogP contribution in [0.5, 0.6) is 5.75 Å². The fourth-order valence-electron chi connectivity index (χ4n) is 1.49. The van der Waals surface area contributed by atoms with Gasteiger partial charge in [0, 0.05) is 5.33 Å². The van der Waals surface area contributed by atoms with Gasteiger partial charge in [-0.1, -0.05) is 34.1 Å². The third-order valence-electron chi connectivity index (χ3n) is 2.17. The predicted molar refractivity (Wildman–Crippen MR) is 53.0 cm³/mol. The van der Waals surface area contributed by atoms with Gasteiger partial charge in [-0.05, 0) is 24.5 Å². The molecule has 64 valence electrons. The maximum Gasteiger partial charge on any atom is 0.122 e. The molecule has 1 aliphatic rings. The van der Waals surface area contributed by atoms with E-state index >= 15 is 0 Å². The van der Waals surface area contributed by atoms with Crippen molar-refractivity contribution < 1.29 is 4.74 Å².